The summed E-state index contributed by atoms with van der Waals surface area (Å²) >= 11 is 0. The van der Waals surface area contributed by atoms with Crippen LogP contribution in [0, 0.1) is 0 Å². The van der Waals surface area contributed by atoms with Gasteiger partial charge in [-0.25, -0.2) is 4.79 Å². The van der Waals surface area contributed by atoms with E-state index in [1.165, 1.54) is 10.4 Å². The standard InChI is InChI=1S/C25H36N2O3Si/c1-23(2,3)30-22(28)27-17-25(26,18-27)19-29-31(24(4,5)6,20-13-9-7-10-14-20)21-15-11-8-12-16-21/h7-16H,17-19,26H2,1-6H3. The van der Waals surface area contributed by atoms with Crippen LogP contribution < -0.4 is 16.1 Å². The molecule has 0 bridgehead atoms. The van der Waals surface area contributed by atoms with E-state index in [1.54, 1.807) is 4.90 Å². The highest BCUT2D eigenvalue weighted by molar-refractivity contribution is 6.99. The van der Waals surface area contributed by atoms with Gasteiger partial charge in [-0.1, -0.05) is 81.4 Å². The quantitative estimate of drug-likeness (QED) is 0.723. The summed E-state index contributed by atoms with van der Waals surface area (Å²) in [6.45, 7) is 13.6. The number of benzene rings is 2. The van der Waals surface area contributed by atoms with Gasteiger partial charge >= 0.3 is 6.09 Å². The minimum absolute atomic E-state index is 0.110. The van der Waals surface area contributed by atoms with Crippen LogP contribution in [0.5, 0.6) is 0 Å². The molecule has 0 saturated carbocycles. The highest BCUT2D eigenvalue weighted by Gasteiger charge is 2.53. The molecular weight excluding hydrogens is 404 g/mol. The molecule has 2 aromatic carbocycles. The van der Waals surface area contributed by atoms with Gasteiger partial charge in [-0.05, 0) is 36.2 Å². The molecular formula is C25H36N2O3Si. The number of carbonyl (C=O) groups is 1. The summed E-state index contributed by atoms with van der Waals surface area (Å²) in [5.41, 5.74) is 5.55. The van der Waals surface area contributed by atoms with Gasteiger partial charge in [0.15, 0.2) is 0 Å². The molecule has 1 amide bonds. The second-order valence-corrected chi connectivity index (χ2v) is 15.0. The van der Waals surface area contributed by atoms with Gasteiger partial charge in [0.2, 0.25) is 0 Å². The van der Waals surface area contributed by atoms with Crippen molar-refractivity contribution in [3.63, 3.8) is 0 Å². The minimum Gasteiger partial charge on any atom is -0.444 e. The van der Waals surface area contributed by atoms with Gasteiger partial charge in [0, 0.05) is 13.1 Å². The average molecular weight is 441 g/mol. The highest BCUT2D eigenvalue weighted by atomic mass is 28.4. The number of nitrogens with two attached hydrogens (primary N) is 1. The van der Waals surface area contributed by atoms with Crippen LogP contribution in [0.3, 0.4) is 0 Å². The molecule has 1 aliphatic heterocycles. The summed E-state index contributed by atoms with van der Waals surface area (Å²) in [7, 11) is -2.64. The van der Waals surface area contributed by atoms with Crippen molar-refractivity contribution in [2.24, 2.45) is 5.73 Å². The lowest BCUT2D eigenvalue weighted by Crippen LogP contribution is -2.74. The van der Waals surface area contributed by atoms with Crippen molar-refractivity contribution in [2.45, 2.75) is 57.7 Å². The van der Waals surface area contributed by atoms with Crippen LogP contribution in [-0.4, -0.2) is 50.1 Å². The summed E-state index contributed by atoms with van der Waals surface area (Å²) in [5.74, 6) is 0. The summed E-state index contributed by atoms with van der Waals surface area (Å²) in [5, 5.41) is 2.34. The van der Waals surface area contributed by atoms with Crippen LogP contribution >= 0.6 is 0 Å². The van der Waals surface area contributed by atoms with E-state index in [0.717, 1.165) is 0 Å². The van der Waals surface area contributed by atoms with Gasteiger partial charge in [0.25, 0.3) is 8.32 Å². The van der Waals surface area contributed by atoms with Crippen molar-refractivity contribution < 1.29 is 14.0 Å². The molecule has 31 heavy (non-hydrogen) atoms. The second-order valence-electron chi connectivity index (χ2n) is 10.7. The first-order valence-corrected chi connectivity index (χ1v) is 12.8. The molecule has 168 valence electrons. The Labute approximate surface area is 187 Å². The van der Waals surface area contributed by atoms with E-state index in [4.69, 9.17) is 14.9 Å². The van der Waals surface area contributed by atoms with Gasteiger partial charge in [-0.2, -0.15) is 0 Å². The molecule has 1 fully saturated rings. The van der Waals surface area contributed by atoms with E-state index in [0.29, 0.717) is 19.7 Å². The minimum atomic E-state index is -2.64. The first-order chi connectivity index (χ1) is 14.4. The van der Waals surface area contributed by atoms with E-state index in [1.807, 2.05) is 32.9 Å². The molecule has 5 nitrogen and oxygen atoms in total. The number of ether oxygens (including phenoxy) is 1. The third-order valence-electron chi connectivity index (χ3n) is 5.66. The van der Waals surface area contributed by atoms with E-state index < -0.39 is 19.5 Å². The number of carbonyl (C=O) groups excluding carboxylic acids is 1. The van der Waals surface area contributed by atoms with Gasteiger partial charge in [0.1, 0.15) is 5.60 Å². The first kappa shape index (κ1) is 23.5. The fourth-order valence-electron chi connectivity index (χ4n) is 4.27. The van der Waals surface area contributed by atoms with E-state index >= 15 is 0 Å². The Morgan fingerprint density at radius 2 is 1.39 bits per heavy atom. The van der Waals surface area contributed by atoms with Crippen molar-refractivity contribution in [3.05, 3.63) is 60.7 Å². The third-order valence-corrected chi connectivity index (χ3v) is 10.6. The largest absolute Gasteiger partial charge is 0.444 e. The monoisotopic (exact) mass is 440 g/mol. The Kier molecular flexibility index (Phi) is 6.38. The lowest BCUT2D eigenvalue weighted by Gasteiger charge is -2.50. The zero-order chi connectivity index (χ0) is 22.9. The van der Waals surface area contributed by atoms with Gasteiger partial charge in [0.05, 0.1) is 12.1 Å². The highest BCUT2D eigenvalue weighted by Crippen LogP contribution is 2.37. The molecule has 0 aliphatic carbocycles. The molecule has 0 aromatic heterocycles. The Hall–Kier alpha value is -2.15. The number of nitrogens with zero attached hydrogens (tertiary/aromatic N) is 1. The molecule has 1 aliphatic rings. The molecule has 0 unspecified atom stereocenters. The molecule has 2 N–H and O–H groups in total. The Morgan fingerprint density at radius 3 is 1.77 bits per heavy atom. The van der Waals surface area contributed by atoms with E-state index in [9.17, 15) is 4.79 Å². The zero-order valence-corrected chi connectivity index (χ0v) is 20.6. The second kappa shape index (κ2) is 8.41. The maximum atomic E-state index is 12.3. The van der Waals surface area contributed by atoms with E-state index in [-0.39, 0.29) is 11.1 Å². The van der Waals surface area contributed by atoms with Gasteiger partial charge < -0.3 is 19.8 Å². The van der Waals surface area contributed by atoms with Gasteiger partial charge in [-0.15, -0.1) is 0 Å². The van der Waals surface area contributed by atoms with Crippen LogP contribution in [0.25, 0.3) is 0 Å². The summed E-state index contributed by atoms with van der Waals surface area (Å²) in [4.78, 5) is 14.0. The third kappa shape index (κ3) is 5.02. The average Bonchev–Trinajstić information content (AvgIpc) is 2.65. The topological polar surface area (TPSA) is 64.8 Å². The normalized spacial score (nSPS) is 16.5. The van der Waals surface area contributed by atoms with Crippen molar-refractivity contribution in [3.8, 4) is 0 Å². The maximum absolute atomic E-state index is 12.3. The predicted molar refractivity (Wildman–Crippen MR) is 128 cm³/mol. The smallest absolute Gasteiger partial charge is 0.410 e. The molecule has 2 aromatic rings. The van der Waals surface area contributed by atoms with Crippen LogP contribution in [0.2, 0.25) is 5.04 Å². The Balaban J connectivity index is 1.85. The van der Waals surface area contributed by atoms with Crippen molar-refractivity contribution in [1.29, 1.82) is 0 Å². The maximum Gasteiger partial charge on any atom is 0.410 e. The van der Waals surface area contributed by atoms with Gasteiger partial charge in [-0.3, -0.25) is 0 Å². The molecule has 1 saturated heterocycles. The molecule has 1 heterocycles. The summed E-state index contributed by atoms with van der Waals surface area (Å²) in [6.07, 6.45) is -0.320. The van der Waals surface area contributed by atoms with E-state index in [2.05, 4.69) is 69.3 Å². The van der Waals surface area contributed by atoms with Crippen molar-refractivity contribution >= 4 is 24.8 Å². The number of rotatable bonds is 5. The summed E-state index contributed by atoms with van der Waals surface area (Å²) in [6, 6.07) is 21.0. The summed E-state index contributed by atoms with van der Waals surface area (Å²) < 4.78 is 12.4. The van der Waals surface area contributed by atoms with Crippen LogP contribution in [0.15, 0.2) is 60.7 Å². The fraction of sp³-hybridized carbons (Fsp3) is 0.480. The Morgan fingerprint density at radius 1 is 0.935 bits per heavy atom. The predicted octanol–water partition coefficient (Wildman–Crippen LogP) is 3.51. The molecule has 3 rings (SSSR count). The lowest BCUT2D eigenvalue weighted by molar-refractivity contribution is -0.0179. The molecule has 0 atom stereocenters. The number of likely N-dealkylation sites (tertiary alicyclic amines) is 1. The number of amides is 1. The van der Waals surface area contributed by atoms with Crippen LogP contribution in [0.1, 0.15) is 41.5 Å². The molecule has 0 spiro atoms. The fourth-order valence-corrected chi connectivity index (χ4v) is 8.93. The molecule has 0 radical (unpaired) electrons. The lowest BCUT2D eigenvalue weighted by atomic mass is 9.93. The number of hydrogen-bond acceptors (Lipinski definition) is 4. The number of hydrogen-bond donors (Lipinski definition) is 1. The molecule has 6 heteroatoms. The Bertz CT molecular complexity index is 843. The van der Waals surface area contributed by atoms with Crippen LogP contribution in [0.4, 0.5) is 4.79 Å². The van der Waals surface area contributed by atoms with Crippen molar-refractivity contribution in [1.82, 2.24) is 4.90 Å². The zero-order valence-electron chi connectivity index (χ0n) is 19.6. The van der Waals surface area contributed by atoms with Crippen LogP contribution in [-0.2, 0) is 9.16 Å². The van der Waals surface area contributed by atoms with Crippen molar-refractivity contribution in [2.75, 3.05) is 19.7 Å². The SMILES string of the molecule is CC(C)(C)OC(=O)N1CC(N)(CO[Si](c2ccccc2)(c2ccccc2)C(C)(C)C)C1. The first-order valence-electron chi connectivity index (χ1n) is 10.9.